The first-order chi connectivity index (χ1) is 17.9. The summed E-state index contributed by atoms with van der Waals surface area (Å²) < 4.78 is 14.0. The van der Waals surface area contributed by atoms with Gasteiger partial charge in [-0.2, -0.15) is 0 Å². The molecule has 0 radical (unpaired) electrons. The normalized spacial score (nSPS) is 18.2. The van der Waals surface area contributed by atoms with E-state index in [1.165, 1.54) is 30.0 Å². The lowest BCUT2D eigenvalue weighted by Gasteiger charge is -2.30. The van der Waals surface area contributed by atoms with Gasteiger partial charge in [-0.3, -0.25) is 0 Å². The molecule has 4 nitrogen and oxygen atoms in total. The van der Waals surface area contributed by atoms with Gasteiger partial charge in [0, 0.05) is 22.6 Å². The Morgan fingerprint density at radius 3 is 2.22 bits per heavy atom. The molecule has 4 aromatic carbocycles. The minimum absolute atomic E-state index is 0.00899. The van der Waals surface area contributed by atoms with Crippen LogP contribution in [0.1, 0.15) is 36.1 Å². The summed E-state index contributed by atoms with van der Waals surface area (Å²) in [5, 5.41) is 31.3. The molecule has 1 aliphatic rings. The zero-order valence-corrected chi connectivity index (χ0v) is 21.5. The third-order valence-electron chi connectivity index (χ3n) is 6.64. The molecule has 0 aromatic heterocycles. The van der Waals surface area contributed by atoms with Crippen LogP contribution in [0.2, 0.25) is 0 Å². The third kappa shape index (κ3) is 5.49. The lowest BCUT2D eigenvalue weighted by molar-refractivity contribution is 0.163. The Hall–Kier alpha value is -3.39. The topological polar surface area (TPSA) is 63.9 Å². The standard InChI is InChI=1S/C30H26FNO3S2/c31-22-10-6-21(7-11-22)26(34)16-17-28-29(25-15-14-24(33)18-27(25)35)32(30(36)37-28)23-12-8-20(9-13-23)19-4-2-1-3-5-19/h1-15,18,26,28-29,33-35H,16-17H2. The van der Waals surface area contributed by atoms with Crippen molar-refractivity contribution in [3.05, 3.63) is 114 Å². The van der Waals surface area contributed by atoms with Crippen molar-refractivity contribution in [2.75, 3.05) is 4.90 Å². The Bertz CT molecular complexity index is 1380. The molecule has 1 aliphatic heterocycles. The zero-order valence-electron chi connectivity index (χ0n) is 19.9. The number of benzene rings is 4. The fraction of sp³-hybridized carbons (Fsp3) is 0.167. The van der Waals surface area contributed by atoms with E-state index in [-0.39, 0.29) is 28.6 Å². The van der Waals surface area contributed by atoms with Crippen LogP contribution < -0.4 is 4.90 Å². The molecule has 188 valence electrons. The summed E-state index contributed by atoms with van der Waals surface area (Å²) in [4.78, 5) is 2.04. The van der Waals surface area contributed by atoms with Gasteiger partial charge in [0.1, 0.15) is 21.6 Å². The maximum absolute atomic E-state index is 13.3. The molecular weight excluding hydrogens is 505 g/mol. The molecule has 1 saturated heterocycles. The average molecular weight is 532 g/mol. The Kier molecular flexibility index (Phi) is 7.46. The number of phenolic OH excluding ortho intramolecular Hbond substituents is 2. The Labute approximate surface area is 225 Å². The second-order valence-corrected chi connectivity index (χ2v) is 10.9. The first-order valence-electron chi connectivity index (χ1n) is 12.0. The van der Waals surface area contributed by atoms with E-state index in [1.54, 1.807) is 24.3 Å². The van der Waals surface area contributed by atoms with E-state index < -0.39 is 6.10 Å². The van der Waals surface area contributed by atoms with Gasteiger partial charge in [-0.1, -0.05) is 78.6 Å². The maximum Gasteiger partial charge on any atom is 0.141 e. The van der Waals surface area contributed by atoms with Gasteiger partial charge in [-0.15, -0.1) is 0 Å². The highest BCUT2D eigenvalue weighted by molar-refractivity contribution is 8.24. The van der Waals surface area contributed by atoms with Crippen molar-refractivity contribution in [1.82, 2.24) is 0 Å². The largest absolute Gasteiger partial charge is 0.508 e. The van der Waals surface area contributed by atoms with E-state index in [1.807, 2.05) is 35.2 Å². The number of phenols is 2. The highest BCUT2D eigenvalue weighted by Crippen LogP contribution is 2.49. The minimum Gasteiger partial charge on any atom is -0.508 e. The van der Waals surface area contributed by atoms with Crippen LogP contribution in [0.3, 0.4) is 0 Å². The second kappa shape index (κ2) is 10.9. The van der Waals surface area contributed by atoms with E-state index in [2.05, 4.69) is 24.3 Å². The molecule has 3 atom stereocenters. The van der Waals surface area contributed by atoms with Crippen LogP contribution in [0.25, 0.3) is 11.1 Å². The van der Waals surface area contributed by atoms with Crippen LogP contribution in [-0.2, 0) is 0 Å². The Morgan fingerprint density at radius 2 is 1.54 bits per heavy atom. The van der Waals surface area contributed by atoms with Gasteiger partial charge < -0.3 is 20.2 Å². The van der Waals surface area contributed by atoms with Crippen LogP contribution >= 0.6 is 24.0 Å². The number of aliphatic hydroxyl groups is 1. The highest BCUT2D eigenvalue weighted by Gasteiger charge is 2.41. The second-order valence-electron chi connectivity index (χ2n) is 9.04. The van der Waals surface area contributed by atoms with Crippen molar-refractivity contribution in [2.45, 2.75) is 30.2 Å². The van der Waals surface area contributed by atoms with Crippen molar-refractivity contribution in [3.8, 4) is 22.6 Å². The summed E-state index contributed by atoms with van der Waals surface area (Å²) in [6, 6.07) is 28.5. The molecule has 0 aliphatic carbocycles. The van der Waals surface area contributed by atoms with Crippen LogP contribution in [0.5, 0.6) is 11.5 Å². The first kappa shape index (κ1) is 25.3. The van der Waals surface area contributed by atoms with Crippen LogP contribution in [0.15, 0.2) is 97.1 Å². The quantitative estimate of drug-likeness (QED) is 0.217. The monoisotopic (exact) mass is 531 g/mol. The maximum atomic E-state index is 13.3. The lowest BCUT2D eigenvalue weighted by Crippen LogP contribution is -2.29. The summed E-state index contributed by atoms with van der Waals surface area (Å²) in [7, 11) is 0. The number of aliphatic hydroxyl groups excluding tert-OH is 1. The van der Waals surface area contributed by atoms with Crippen LogP contribution in [-0.4, -0.2) is 24.9 Å². The number of hydrogen-bond acceptors (Lipinski definition) is 5. The Balaban J connectivity index is 1.44. The predicted octanol–water partition coefficient (Wildman–Crippen LogP) is 7.37. The van der Waals surface area contributed by atoms with Gasteiger partial charge >= 0.3 is 0 Å². The van der Waals surface area contributed by atoms with Gasteiger partial charge in [0.15, 0.2) is 0 Å². The van der Waals surface area contributed by atoms with E-state index in [0.717, 1.165) is 16.8 Å². The van der Waals surface area contributed by atoms with Crippen molar-refractivity contribution in [1.29, 1.82) is 0 Å². The fourth-order valence-corrected chi connectivity index (χ4v) is 6.59. The van der Waals surface area contributed by atoms with Crippen molar-refractivity contribution in [3.63, 3.8) is 0 Å². The number of hydrogen-bond donors (Lipinski definition) is 3. The highest BCUT2D eigenvalue weighted by atomic mass is 32.2. The molecule has 5 rings (SSSR count). The van der Waals surface area contributed by atoms with Gasteiger partial charge in [-0.25, -0.2) is 4.39 Å². The van der Waals surface area contributed by atoms with E-state index in [9.17, 15) is 19.7 Å². The van der Waals surface area contributed by atoms with Crippen molar-refractivity contribution < 1.29 is 19.7 Å². The summed E-state index contributed by atoms with van der Waals surface area (Å²) >= 11 is 7.35. The summed E-state index contributed by atoms with van der Waals surface area (Å²) in [5.41, 5.74) is 4.41. The van der Waals surface area contributed by atoms with Crippen LogP contribution in [0.4, 0.5) is 10.1 Å². The predicted molar refractivity (Wildman–Crippen MR) is 151 cm³/mol. The van der Waals surface area contributed by atoms with Gasteiger partial charge in [0.2, 0.25) is 0 Å². The lowest BCUT2D eigenvalue weighted by atomic mass is 9.95. The smallest absolute Gasteiger partial charge is 0.141 e. The number of thiocarbonyl (C=S) groups is 1. The molecule has 3 unspecified atom stereocenters. The molecule has 4 aromatic rings. The van der Waals surface area contributed by atoms with Gasteiger partial charge in [0.25, 0.3) is 0 Å². The number of anilines is 1. The third-order valence-corrected chi connectivity index (χ3v) is 8.32. The minimum atomic E-state index is -0.747. The molecule has 0 saturated carbocycles. The SMILES string of the molecule is Oc1ccc(C2C(CCC(O)c3ccc(F)cc3)SC(=S)N2c2ccc(-c3ccccc3)cc2)c(O)c1. The fourth-order valence-electron chi connectivity index (χ4n) is 4.75. The van der Waals surface area contributed by atoms with Crippen molar-refractivity contribution >= 4 is 34.0 Å². The van der Waals surface area contributed by atoms with Gasteiger partial charge in [0.05, 0.1) is 12.1 Å². The number of thioether (sulfide) groups is 1. The molecule has 0 bridgehead atoms. The molecule has 1 heterocycles. The number of halogens is 1. The van der Waals surface area contributed by atoms with E-state index >= 15 is 0 Å². The van der Waals surface area contributed by atoms with Crippen molar-refractivity contribution in [2.24, 2.45) is 0 Å². The number of rotatable bonds is 7. The molecule has 7 heteroatoms. The molecular formula is C30H26FNO3S2. The molecule has 1 fully saturated rings. The average Bonchev–Trinajstić information content (AvgIpc) is 3.23. The Morgan fingerprint density at radius 1 is 0.865 bits per heavy atom. The van der Waals surface area contributed by atoms with Crippen LogP contribution in [0, 0.1) is 5.82 Å². The molecule has 0 amide bonds. The summed E-state index contributed by atoms with van der Waals surface area (Å²) in [6.45, 7) is 0. The number of nitrogens with zero attached hydrogens (tertiary/aromatic N) is 1. The number of aromatic hydroxyl groups is 2. The zero-order chi connectivity index (χ0) is 25.9. The first-order valence-corrected chi connectivity index (χ1v) is 13.3. The molecule has 37 heavy (non-hydrogen) atoms. The molecule has 3 N–H and O–H groups in total. The van der Waals surface area contributed by atoms with E-state index in [0.29, 0.717) is 28.3 Å². The summed E-state index contributed by atoms with van der Waals surface area (Å²) in [6.07, 6.45) is 0.303. The molecule has 0 spiro atoms. The van der Waals surface area contributed by atoms with Gasteiger partial charge in [-0.05, 0) is 65.9 Å². The summed E-state index contributed by atoms with van der Waals surface area (Å²) in [5.74, 6) is -0.369. The van der Waals surface area contributed by atoms with E-state index in [4.69, 9.17) is 12.2 Å².